The summed E-state index contributed by atoms with van der Waals surface area (Å²) in [5, 5.41) is 0. The summed E-state index contributed by atoms with van der Waals surface area (Å²) >= 11 is 0. The number of carbonyl (C=O) groups is 1. The van der Waals surface area contributed by atoms with E-state index >= 15 is 0 Å². The number of methoxy groups -OCH3 is 1. The zero-order valence-corrected chi connectivity index (χ0v) is 11.2. The van der Waals surface area contributed by atoms with E-state index in [0.29, 0.717) is 13.0 Å². The van der Waals surface area contributed by atoms with Crippen LogP contribution in [0.5, 0.6) is 5.75 Å². The summed E-state index contributed by atoms with van der Waals surface area (Å²) in [6, 6.07) is 7.16. The third kappa shape index (κ3) is 3.47. The van der Waals surface area contributed by atoms with Crippen LogP contribution in [0, 0.1) is 5.92 Å². The number of esters is 1. The highest BCUT2D eigenvalue weighted by Crippen LogP contribution is 2.25. The van der Waals surface area contributed by atoms with Gasteiger partial charge in [0.2, 0.25) is 0 Å². The van der Waals surface area contributed by atoms with Gasteiger partial charge in [0.15, 0.2) is 0 Å². The molecule has 0 aliphatic carbocycles. The molecular weight excluding hydrogens is 230 g/mol. The van der Waals surface area contributed by atoms with E-state index < -0.39 is 0 Å². The van der Waals surface area contributed by atoms with Crippen molar-refractivity contribution in [3.63, 3.8) is 0 Å². The van der Waals surface area contributed by atoms with Gasteiger partial charge in [-0.2, -0.15) is 0 Å². The van der Waals surface area contributed by atoms with E-state index in [9.17, 15) is 4.79 Å². The van der Waals surface area contributed by atoms with E-state index in [4.69, 9.17) is 15.2 Å². The molecule has 0 aliphatic heterocycles. The van der Waals surface area contributed by atoms with E-state index in [2.05, 4.69) is 0 Å². The lowest BCUT2D eigenvalue weighted by atomic mass is 9.91. The van der Waals surface area contributed by atoms with Crippen molar-refractivity contribution in [2.24, 2.45) is 11.7 Å². The van der Waals surface area contributed by atoms with Gasteiger partial charge in [-0.3, -0.25) is 4.79 Å². The van der Waals surface area contributed by atoms with Crippen molar-refractivity contribution in [1.29, 1.82) is 0 Å². The molecule has 0 aromatic heterocycles. The Morgan fingerprint density at radius 2 is 1.89 bits per heavy atom. The lowest BCUT2D eigenvalue weighted by molar-refractivity contribution is -0.146. The number of carbonyl (C=O) groups excluding carboxylic acids is 1. The van der Waals surface area contributed by atoms with Gasteiger partial charge < -0.3 is 15.2 Å². The van der Waals surface area contributed by atoms with Gasteiger partial charge in [-0.05, 0) is 31.0 Å². The van der Waals surface area contributed by atoms with Crippen LogP contribution in [0.1, 0.15) is 31.9 Å². The minimum Gasteiger partial charge on any atom is -0.494 e. The Morgan fingerprint density at radius 3 is 2.33 bits per heavy atom. The summed E-state index contributed by atoms with van der Waals surface area (Å²) in [7, 11) is 1.38. The molecule has 0 spiro atoms. The van der Waals surface area contributed by atoms with Crippen molar-refractivity contribution in [3.05, 3.63) is 29.8 Å². The van der Waals surface area contributed by atoms with Crippen LogP contribution in [0.25, 0.3) is 0 Å². The van der Waals surface area contributed by atoms with Crippen LogP contribution in [0.15, 0.2) is 24.3 Å². The second-order valence-corrected chi connectivity index (χ2v) is 4.07. The van der Waals surface area contributed by atoms with Crippen molar-refractivity contribution < 1.29 is 14.3 Å². The van der Waals surface area contributed by atoms with E-state index in [1.165, 1.54) is 7.11 Å². The molecule has 18 heavy (non-hydrogen) atoms. The predicted molar refractivity (Wildman–Crippen MR) is 70.3 cm³/mol. The van der Waals surface area contributed by atoms with Gasteiger partial charge in [0.05, 0.1) is 19.6 Å². The summed E-state index contributed by atoms with van der Waals surface area (Å²) in [6.07, 6.45) is 0.654. The Balaban J connectivity index is 2.81. The number of benzene rings is 1. The normalized spacial score (nSPS) is 13.8. The lowest BCUT2D eigenvalue weighted by Gasteiger charge is -2.20. The summed E-state index contributed by atoms with van der Waals surface area (Å²) in [5.41, 5.74) is 7.02. The van der Waals surface area contributed by atoms with Crippen LogP contribution in [0.4, 0.5) is 0 Å². The number of rotatable bonds is 6. The third-order valence-corrected chi connectivity index (χ3v) is 2.95. The monoisotopic (exact) mass is 251 g/mol. The average molecular weight is 251 g/mol. The Bertz CT molecular complexity index is 375. The molecule has 0 amide bonds. The molecule has 1 rings (SSSR count). The van der Waals surface area contributed by atoms with Crippen molar-refractivity contribution in [2.75, 3.05) is 13.7 Å². The van der Waals surface area contributed by atoms with Gasteiger partial charge in [0, 0.05) is 6.04 Å². The molecule has 0 radical (unpaired) electrons. The second-order valence-electron chi connectivity index (χ2n) is 4.07. The standard InChI is InChI=1S/C14H21NO3/c1-4-12(14(16)17-3)13(15)10-6-8-11(9-7-10)18-5-2/h6-9,12-13H,4-5,15H2,1-3H3. The molecule has 0 fully saturated rings. The number of hydrogen-bond donors (Lipinski definition) is 1. The summed E-state index contributed by atoms with van der Waals surface area (Å²) in [4.78, 5) is 11.6. The first-order valence-corrected chi connectivity index (χ1v) is 6.20. The molecule has 100 valence electrons. The van der Waals surface area contributed by atoms with Crippen molar-refractivity contribution in [3.8, 4) is 5.75 Å². The minimum absolute atomic E-state index is 0.265. The first-order chi connectivity index (χ1) is 8.63. The largest absolute Gasteiger partial charge is 0.494 e. The Kier molecular flexibility index (Phi) is 5.65. The molecular formula is C14H21NO3. The zero-order valence-electron chi connectivity index (χ0n) is 11.2. The van der Waals surface area contributed by atoms with Gasteiger partial charge in [-0.1, -0.05) is 19.1 Å². The first kappa shape index (κ1) is 14.5. The quantitative estimate of drug-likeness (QED) is 0.788. The maximum atomic E-state index is 11.6. The van der Waals surface area contributed by atoms with E-state index in [1.807, 2.05) is 38.1 Å². The van der Waals surface area contributed by atoms with Crippen molar-refractivity contribution >= 4 is 5.97 Å². The molecule has 4 heteroatoms. The predicted octanol–water partition coefficient (Wildman–Crippen LogP) is 2.28. The van der Waals surface area contributed by atoms with E-state index in [0.717, 1.165) is 11.3 Å². The average Bonchev–Trinajstić information content (AvgIpc) is 2.40. The Hall–Kier alpha value is -1.55. The Morgan fingerprint density at radius 1 is 1.28 bits per heavy atom. The smallest absolute Gasteiger partial charge is 0.310 e. The number of nitrogens with two attached hydrogens (primary N) is 1. The van der Waals surface area contributed by atoms with Crippen molar-refractivity contribution in [1.82, 2.24) is 0 Å². The summed E-state index contributed by atoms with van der Waals surface area (Å²) < 4.78 is 10.1. The molecule has 2 N–H and O–H groups in total. The van der Waals surface area contributed by atoms with Gasteiger partial charge in [-0.25, -0.2) is 0 Å². The molecule has 0 saturated heterocycles. The van der Waals surface area contributed by atoms with Gasteiger partial charge in [0.1, 0.15) is 5.75 Å². The molecule has 2 unspecified atom stereocenters. The third-order valence-electron chi connectivity index (χ3n) is 2.95. The second kappa shape index (κ2) is 7.01. The minimum atomic E-state index is -0.349. The highest BCUT2D eigenvalue weighted by atomic mass is 16.5. The fraction of sp³-hybridized carbons (Fsp3) is 0.500. The SMILES string of the molecule is CCOc1ccc(C(N)C(CC)C(=O)OC)cc1. The highest BCUT2D eigenvalue weighted by molar-refractivity contribution is 5.73. The topological polar surface area (TPSA) is 61.5 Å². The summed E-state index contributed by atoms with van der Waals surface area (Å²) in [6.45, 7) is 4.49. The highest BCUT2D eigenvalue weighted by Gasteiger charge is 2.25. The van der Waals surface area contributed by atoms with Gasteiger partial charge in [-0.15, -0.1) is 0 Å². The van der Waals surface area contributed by atoms with E-state index in [-0.39, 0.29) is 17.9 Å². The fourth-order valence-corrected chi connectivity index (χ4v) is 1.90. The van der Waals surface area contributed by atoms with Crippen LogP contribution in [-0.4, -0.2) is 19.7 Å². The van der Waals surface area contributed by atoms with Crippen LogP contribution >= 0.6 is 0 Å². The van der Waals surface area contributed by atoms with Crippen LogP contribution in [-0.2, 0) is 9.53 Å². The zero-order chi connectivity index (χ0) is 13.5. The maximum Gasteiger partial charge on any atom is 0.310 e. The van der Waals surface area contributed by atoms with Crippen LogP contribution in [0.3, 0.4) is 0 Å². The fourth-order valence-electron chi connectivity index (χ4n) is 1.90. The van der Waals surface area contributed by atoms with Crippen LogP contribution in [0.2, 0.25) is 0 Å². The molecule has 2 atom stereocenters. The molecule has 1 aromatic rings. The summed E-state index contributed by atoms with van der Waals surface area (Å²) in [5.74, 6) is 0.228. The molecule has 0 heterocycles. The van der Waals surface area contributed by atoms with E-state index in [1.54, 1.807) is 0 Å². The molecule has 1 aromatic carbocycles. The molecule has 0 saturated carbocycles. The molecule has 0 bridgehead atoms. The maximum absolute atomic E-state index is 11.6. The Labute approximate surface area is 108 Å². The van der Waals surface area contributed by atoms with Crippen molar-refractivity contribution in [2.45, 2.75) is 26.3 Å². The lowest BCUT2D eigenvalue weighted by Crippen LogP contribution is -2.28. The van der Waals surface area contributed by atoms with Gasteiger partial charge >= 0.3 is 5.97 Å². The number of hydrogen-bond acceptors (Lipinski definition) is 4. The first-order valence-electron chi connectivity index (χ1n) is 6.20. The molecule has 0 aliphatic rings. The molecule has 4 nitrogen and oxygen atoms in total. The van der Waals surface area contributed by atoms with Gasteiger partial charge in [0.25, 0.3) is 0 Å². The van der Waals surface area contributed by atoms with Crippen LogP contribution < -0.4 is 10.5 Å². The number of ether oxygens (including phenoxy) is 2.